The molecule has 0 amide bonds. The lowest BCUT2D eigenvalue weighted by atomic mass is 10.1. The molecule has 0 aliphatic carbocycles. The van der Waals surface area contributed by atoms with Crippen molar-refractivity contribution in [1.29, 1.82) is 0 Å². The van der Waals surface area contributed by atoms with Gasteiger partial charge in [-0.25, -0.2) is 19.3 Å². The van der Waals surface area contributed by atoms with Crippen LogP contribution in [-0.2, 0) is 6.61 Å². The number of aliphatic hydroxyl groups excluding tert-OH is 1. The van der Waals surface area contributed by atoms with E-state index >= 15 is 0 Å². The number of nitrogens with zero attached hydrogens (tertiary/aromatic N) is 4. The van der Waals surface area contributed by atoms with Gasteiger partial charge in [0, 0.05) is 11.8 Å². The van der Waals surface area contributed by atoms with E-state index in [0.717, 1.165) is 4.73 Å². The summed E-state index contributed by atoms with van der Waals surface area (Å²) in [6.45, 7) is -0.238. The molecule has 4 rings (SSSR count). The standard InChI is InChI=1S/C21H15Cl2FN4O2S/c1-31-21-25-7-6-16(26-21)18-19(12-2-4-13(24)5-3-12)28(30)20(27-18)17-14(22)8-11(10-29)9-15(17)23/h2-9,29-30H,10H2,1H3. The Labute approximate surface area is 191 Å². The molecule has 0 spiro atoms. The van der Waals surface area contributed by atoms with Crippen LogP contribution >= 0.6 is 35.0 Å². The average molecular weight is 477 g/mol. The molecule has 6 nitrogen and oxygen atoms in total. The van der Waals surface area contributed by atoms with Crippen molar-refractivity contribution >= 4 is 35.0 Å². The lowest BCUT2D eigenvalue weighted by Crippen LogP contribution is -1.99. The molecule has 0 saturated heterocycles. The van der Waals surface area contributed by atoms with Crippen molar-refractivity contribution in [3.05, 3.63) is 70.1 Å². The highest BCUT2D eigenvalue weighted by atomic mass is 35.5. The number of hydrogen-bond acceptors (Lipinski definition) is 6. The summed E-state index contributed by atoms with van der Waals surface area (Å²) in [6, 6.07) is 10.4. The maximum atomic E-state index is 13.5. The lowest BCUT2D eigenvalue weighted by molar-refractivity contribution is 0.195. The first-order valence-electron chi connectivity index (χ1n) is 8.97. The molecule has 31 heavy (non-hydrogen) atoms. The van der Waals surface area contributed by atoms with Gasteiger partial charge in [-0.1, -0.05) is 35.0 Å². The molecule has 4 aromatic rings. The number of benzene rings is 2. The van der Waals surface area contributed by atoms with E-state index in [4.69, 9.17) is 23.2 Å². The zero-order valence-corrected chi connectivity index (χ0v) is 18.4. The van der Waals surface area contributed by atoms with Crippen molar-refractivity contribution in [1.82, 2.24) is 19.7 Å². The van der Waals surface area contributed by atoms with Crippen molar-refractivity contribution in [3.63, 3.8) is 0 Å². The monoisotopic (exact) mass is 476 g/mol. The van der Waals surface area contributed by atoms with Crippen molar-refractivity contribution in [2.75, 3.05) is 6.26 Å². The van der Waals surface area contributed by atoms with Crippen LogP contribution in [0.3, 0.4) is 0 Å². The number of halogens is 3. The topological polar surface area (TPSA) is 84.1 Å². The fourth-order valence-electron chi connectivity index (χ4n) is 3.12. The zero-order valence-electron chi connectivity index (χ0n) is 16.1. The van der Waals surface area contributed by atoms with Crippen LogP contribution in [0.1, 0.15) is 5.56 Å². The summed E-state index contributed by atoms with van der Waals surface area (Å²) >= 11 is 14.2. The quantitative estimate of drug-likeness (QED) is 0.222. The molecule has 0 fully saturated rings. The highest BCUT2D eigenvalue weighted by molar-refractivity contribution is 7.98. The summed E-state index contributed by atoms with van der Waals surface area (Å²) in [6.07, 6.45) is 3.44. The number of aliphatic hydroxyl groups is 1. The van der Waals surface area contributed by atoms with E-state index in [1.165, 1.54) is 36.0 Å². The summed E-state index contributed by atoms with van der Waals surface area (Å²) in [5, 5.41) is 21.4. The predicted octanol–water partition coefficient (Wildman–Crippen LogP) is 5.57. The smallest absolute Gasteiger partial charge is 0.187 e. The maximum absolute atomic E-state index is 13.5. The predicted molar refractivity (Wildman–Crippen MR) is 119 cm³/mol. The molecule has 0 atom stereocenters. The van der Waals surface area contributed by atoms with E-state index in [2.05, 4.69) is 15.0 Å². The Kier molecular flexibility index (Phi) is 6.15. The number of rotatable bonds is 5. The molecule has 2 heterocycles. The molecule has 0 unspecified atom stereocenters. The minimum absolute atomic E-state index is 0.0816. The van der Waals surface area contributed by atoms with Crippen LogP contribution < -0.4 is 0 Å². The summed E-state index contributed by atoms with van der Waals surface area (Å²) < 4.78 is 14.4. The Morgan fingerprint density at radius 2 is 1.74 bits per heavy atom. The Hall–Kier alpha value is -2.65. The van der Waals surface area contributed by atoms with Crippen molar-refractivity contribution < 1.29 is 14.7 Å². The third kappa shape index (κ3) is 4.12. The normalized spacial score (nSPS) is 11.1. The van der Waals surface area contributed by atoms with E-state index in [0.29, 0.717) is 33.4 Å². The summed E-state index contributed by atoms with van der Waals surface area (Å²) in [5.74, 6) is -0.329. The van der Waals surface area contributed by atoms with E-state index in [1.54, 1.807) is 24.4 Å². The highest BCUT2D eigenvalue weighted by Crippen LogP contribution is 2.40. The van der Waals surface area contributed by atoms with Gasteiger partial charge in [0.25, 0.3) is 0 Å². The molecule has 2 aromatic carbocycles. The number of thioether (sulfide) groups is 1. The van der Waals surface area contributed by atoms with Crippen molar-refractivity contribution in [3.8, 4) is 34.0 Å². The summed E-state index contributed by atoms with van der Waals surface area (Å²) in [5.41, 5.74) is 2.43. The Morgan fingerprint density at radius 3 is 2.35 bits per heavy atom. The first-order chi connectivity index (χ1) is 14.9. The van der Waals surface area contributed by atoms with Crippen LogP contribution in [0.15, 0.2) is 53.8 Å². The summed E-state index contributed by atoms with van der Waals surface area (Å²) in [7, 11) is 0. The van der Waals surface area contributed by atoms with Gasteiger partial charge in [0.05, 0.1) is 27.9 Å². The van der Waals surface area contributed by atoms with Crippen LogP contribution in [0.4, 0.5) is 4.39 Å². The molecule has 0 bridgehead atoms. The van der Waals surface area contributed by atoms with Gasteiger partial charge in [0.1, 0.15) is 17.2 Å². The number of hydrogen-bond donors (Lipinski definition) is 2. The van der Waals surface area contributed by atoms with Gasteiger partial charge >= 0.3 is 0 Å². The highest BCUT2D eigenvalue weighted by Gasteiger charge is 2.25. The second-order valence-corrected chi connectivity index (χ2v) is 8.06. The molecule has 2 aromatic heterocycles. The van der Waals surface area contributed by atoms with Gasteiger partial charge in [-0.2, -0.15) is 4.73 Å². The van der Waals surface area contributed by atoms with Gasteiger partial charge in [-0.05, 0) is 54.3 Å². The number of aromatic nitrogens is 4. The van der Waals surface area contributed by atoms with Crippen LogP contribution in [0, 0.1) is 5.82 Å². The number of imidazole rings is 1. The molecule has 0 radical (unpaired) electrons. The van der Waals surface area contributed by atoms with E-state index in [9.17, 15) is 14.7 Å². The van der Waals surface area contributed by atoms with Crippen LogP contribution in [0.2, 0.25) is 10.0 Å². The molecule has 10 heteroatoms. The van der Waals surface area contributed by atoms with Gasteiger partial charge in [-0.3, -0.25) is 0 Å². The zero-order chi connectivity index (χ0) is 22.1. The molecule has 0 aliphatic heterocycles. The van der Waals surface area contributed by atoms with Crippen molar-refractivity contribution in [2.45, 2.75) is 11.8 Å². The third-order valence-electron chi connectivity index (χ3n) is 4.54. The van der Waals surface area contributed by atoms with Crippen molar-refractivity contribution in [2.24, 2.45) is 0 Å². The maximum Gasteiger partial charge on any atom is 0.187 e. The first-order valence-corrected chi connectivity index (χ1v) is 11.0. The molecular weight excluding hydrogens is 462 g/mol. The molecule has 0 aliphatic rings. The molecule has 0 saturated carbocycles. The minimum atomic E-state index is -0.410. The molecule has 158 valence electrons. The Balaban J connectivity index is 2.00. The van der Waals surface area contributed by atoms with Gasteiger partial charge in [-0.15, -0.1) is 0 Å². The second kappa shape index (κ2) is 8.84. The summed E-state index contributed by atoms with van der Waals surface area (Å²) in [4.78, 5) is 13.2. The van der Waals surface area contributed by atoms with Gasteiger partial charge in [0.15, 0.2) is 11.0 Å². The Morgan fingerprint density at radius 1 is 1.06 bits per heavy atom. The SMILES string of the molecule is CSc1nccc(-c2nc(-c3c(Cl)cc(CO)cc3Cl)n(O)c2-c2ccc(F)cc2)n1. The van der Waals surface area contributed by atoms with Gasteiger partial charge < -0.3 is 10.3 Å². The molecular formula is C21H15Cl2FN4O2S. The minimum Gasteiger partial charge on any atom is -0.426 e. The molecule has 2 N–H and O–H groups in total. The van der Waals surface area contributed by atoms with Crippen LogP contribution in [-0.4, -0.2) is 36.3 Å². The fourth-order valence-corrected chi connectivity index (χ4v) is 4.18. The third-order valence-corrected chi connectivity index (χ3v) is 5.70. The fraction of sp³-hybridized carbons (Fsp3) is 0.0952. The van der Waals surface area contributed by atoms with Gasteiger partial charge in [0.2, 0.25) is 0 Å². The average Bonchev–Trinajstić information content (AvgIpc) is 3.10. The van der Waals surface area contributed by atoms with Crippen LogP contribution in [0.25, 0.3) is 34.0 Å². The first kappa shape index (κ1) is 21.6. The Bertz CT molecular complexity index is 1240. The van der Waals surface area contributed by atoms with E-state index in [-0.39, 0.29) is 28.0 Å². The van der Waals surface area contributed by atoms with E-state index < -0.39 is 5.82 Å². The van der Waals surface area contributed by atoms with Crippen LogP contribution in [0.5, 0.6) is 0 Å². The van der Waals surface area contributed by atoms with E-state index in [1.807, 2.05) is 6.26 Å². The largest absolute Gasteiger partial charge is 0.426 e. The second-order valence-electron chi connectivity index (χ2n) is 6.47. The lowest BCUT2D eigenvalue weighted by Gasteiger charge is -2.09.